The molecule has 1 N–H and O–H groups in total. The van der Waals surface area contributed by atoms with Crippen LogP contribution in [0, 0.1) is 0 Å². The fraction of sp³-hybridized carbons (Fsp3) is 0.214. The Bertz CT molecular complexity index is 1260. The van der Waals surface area contributed by atoms with Gasteiger partial charge in [0.2, 0.25) is 0 Å². The SMILES string of the molecule is O=C(c1cc(Cc2ccccc2)ccc1O)N1CCN(Cc2cccc3cccnc23)CC1. The molecule has 5 rings (SSSR count). The van der Waals surface area contributed by atoms with Crippen LogP contribution in [0.15, 0.2) is 85.1 Å². The lowest BCUT2D eigenvalue weighted by molar-refractivity contribution is 0.0626. The van der Waals surface area contributed by atoms with Crippen LogP contribution >= 0.6 is 0 Å². The molecule has 1 aromatic heterocycles. The maximum atomic E-state index is 13.2. The maximum Gasteiger partial charge on any atom is 0.257 e. The number of hydrogen-bond acceptors (Lipinski definition) is 4. The molecular weight excluding hydrogens is 410 g/mol. The monoisotopic (exact) mass is 437 g/mol. The molecule has 0 bridgehead atoms. The number of piperazine rings is 1. The van der Waals surface area contributed by atoms with E-state index in [0.717, 1.165) is 42.5 Å². The average Bonchev–Trinajstić information content (AvgIpc) is 2.86. The van der Waals surface area contributed by atoms with Crippen LogP contribution < -0.4 is 0 Å². The molecule has 1 fully saturated rings. The van der Waals surface area contributed by atoms with Gasteiger partial charge in [-0.15, -0.1) is 0 Å². The van der Waals surface area contributed by atoms with Crippen molar-refractivity contribution in [1.29, 1.82) is 0 Å². The van der Waals surface area contributed by atoms with Gasteiger partial charge in [0.05, 0.1) is 11.1 Å². The predicted octanol–water partition coefficient (Wildman–Crippen LogP) is 4.49. The van der Waals surface area contributed by atoms with E-state index in [1.807, 2.05) is 47.5 Å². The quantitative estimate of drug-likeness (QED) is 0.500. The molecule has 1 aliphatic heterocycles. The zero-order chi connectivity index (χ0) is 22.6. The van der Waals surface area contributed by atoms with Crippen molar-refractivity contribution in [2.75, 3.05) is 26.2 Å². The first-order valence-electron chi connectivity index (χ1n) is 11.4. The number of carbonyl (C=O) groups excluding carboxylic acids is 1. The number of phenolic OH excluding ortho intramolecular Hbond substituents is 1. The summed E-state index contributed by atoms with van der Waals surface area (Å²) >= 11 is 0. The zero-order valence-corrected chi connectivity index (χ0v) is 18.5. The van der Waals surface area contributed by atoms with Crippen LogP contribution in [-0.2, 0) is 13.0 Å². The molecule has 5 heteroatoms. The highest BCUT2D eigenvalue weighted by molar-refractivity contribution is 5.97. The van der Waals surface area contributed by atoms with E-state index in [9.17, 15) is 9.90 Å². The van der Waals surface area contributed by atoms with Crippen LogP contribution in [0.3, 0.4) is 0 Å². The van der Waals surface area contributed by atoms with Gasteiger partial charge in [-0.05, 0) is 41.3 Å². The van der Waals surface area contributed by atoms with Gasteiger partial charge in [0.25, 0.3) is 5.91 Å². The third kappa shape index (κ3) is 4.73. The highest BCUT2D eigenvalue weighted by atomic mass is 16.3. The van der Waals surface area contributed by atoms with Gasteiger partial charge in [-0.3, -0.25) is 14.7 Å². The number of aromatic nitrogens is 1. The Morgan fingerprint density at radius 2 is 1.64 bits per heavy atom. The second kappa shape index (κ2) is 9.43. The molecule has 0 unspecified atom stereocenters. The van der Waals surface area contributed by atoms with Gasteiger partial charge in [-0.1, -0.05) is 60.7 Å². The van der Waals surface area contributed by atoms with E-state index in [1.54, 1.807) is 6.07 Å². The first kappa shape index (κ1) is 21.2. The summed E-state index contributed by atoms with van der Waals surface area (Å²) in [4.78, 5) is 22.0. The molecular formula is C28H27N3O2. The Morgan fingerprint density at radius 1 is 0.848 bits per heavy atom. The molecule has 3 aromatic carbocycles. The fourth-order valence-electron chi connectivity index (χ4n) is 4.51. The number of benzene rings is 3. The van der Waals surface area contributed by atoms with Crippen molar-refractivity contribution < 1.29 is 9.90 Å². The highest BCUT2D eigenvalue weighted by Crippen LogP contribution is 2.24. The normalized spacial score (nSPS) is 14.5. The average molecular weight is 438 g/mol. The molecule has 4 aromatic rings. The lowest BCUT2D eigenvalue weighted by Gasteiger charge is -2.35. The smallest absolute Gasteiger partial charge is 0.257 e. The Balaban J connectivity index is 1.24. The van der Waals surface area contributed by atoms with Gasteiger partial charge in [0.15, 0.2) is 0 Å². The van der Waals surface area contributed by atoms with Crippen molar-refractivity contribution in [3.63, 3.8) is 0 Å². The second-order valence-corrected chi connectivity index (χ2v) is 8.57. The van der Waals surface area contributed by atoms with Crippen LogP contribution in [0.1, 0.15) is 27.0 Å². The van der Waals surface area contributed by atoms with Crippen LogP contribution in [-0.4, -0.2) is 52.0 Å². The van der Waals surface area contributed by atoms with Crippen molar-refractivity contribution in [3.05, 3.63) is 107 Å². The minimum Gasteiger partial charge on any atom is -0.507 e. The summed E-state index contributed by atoms with van der Waals surface area (Å²) < 4.78 is 0. The molecule has 0 radical (unpaired) electrons. The summed E-state index contributed by atoms with van der Waals surface area (Å²) in [5.74, 6) is -0.0602. The largest absolute Gasteiger partial charge is 0.507 e. The van der Waals surface area contributed by atoms with E-state index < -0.39 is 0 Å². The summed E-state index contributed by atoms with van der Waals surface area (Å²) in [6.45, 7) is 3.67. The second-order valence-electron chi connectivity index (χ2n) is 8.57. The lowest BCUT2D eigenvalue weighted by atomic mass is 10.0. The number of fused-ring (bicyclic) bond motifs is 1. The molecule has 1 aliphatic rings. The van der Waals surface area contributed by atoms with Crippen LogP contribution in [0.2, 0.25) is 0 Å². The fourth-order valence-corrected chi connectivity index (χ4v) is 4.51. The van der Waals surface area contributed by atoms with E-state index in [2.05, 4.69) is 46.3 Å². The molecule has 2 heterocycles. The zero-order valence-electron chi connectivity index (χ0n) is 18.5. The molecule has 0 saturated carbocycles. The summed E-state index contributed by atoms with van der Waals surface area (Å²) in [7, 11) is 0. The molecule has 33 heavy (non-hydrogen) atoms. The van der Waals surface area contributed by atoms with Gasteiger partial charge < -0.3 is 10.0 Å². The van der Waals surface area contributed by atoms with Gasteiger partial charge in [0, 0.05) is 44.3 Å². The Kier molecular flexibility index (Phi) is 6.05. The van der Waals surface area contributed by atoms with Crippen LogP contribution in [0.25, 0.3) is 10.9 Å². The van der Waals surface area contributed by atoms with E-state index in [1.165, 1.54) is 11.1 Å². The molecule has 166 valence electrons. The predicted molar refractivity (Wildman–Crippen MR) is 130 cm³/mol. The third-order valence-electron chi connectivity index (χ3n) is 6.31. The number of phenols is 1. The number of aromatic hydroxyl groups is 1. The standard InChI is InChI=1S/C28H27N3O2/c32-26-12-11-22(18-21-6-2-1-3-7-21)19-25(26)28(33)31-16-14-30(15-17-31)20-24-9-4-8-23-10-5-13-29-27(23)24/h1-13,19,32H,14-18,20H2. The number of hydrogen-bond donors (Lipinski definition) is 1. The molecule has 0 spiro atoms. The Labute approximate surface area is 193 Å². The minimum absolute atomic E-state index is 0.0427. The van der Waals surface area contributed by atoms with Crippen molar-refractivity contribution >= 4 is 16.8 Å². The van der Waals surface area contributed by atoms with Crippen molar-refractivity contribution in [1.82, 2.24) is 14.8 Å². The number of rotatable bonds is 5. The number of para-hydroxylation sites is 1. The van der Waals surface area contributed by atoms with E-state index in [0.29, 0.717) is 18.7 Å². The van der Waals surface area contributed by atoms with E-state index in [-0.39, 0.29) is 11.7 Å². The van der Waals surface area contributed by atoms with Gasteiger partial charge in [-0.2, -0.15) is 0 Å². The molecule has 5 nitrogen and oxygen atoms in total. The first-order chi connectivity index (χ1) is 16.2. The molecule has 1 saturated heterocycles. The Morgan fingerprint density at radius 3 is 2.45 bits per heavy atom. The Hall–Kier alpha value is -3.70. The van der Waals surface area contributed by atoms with Crippen LogP contribution in [0.5, 0.6) is 5.75 Å². The van der Waals surface area contributed by atoms with Gasteiger partial charge >= 0.3 is 0 Å². The maximum absolute atomic E-state index is 13.2. The highest BCUT2D eigenvalue weighted by Gasteiger charge is 2.24. The minimum atomic E-state index is -0.103. The molecule has 0 aliphatic carbocycles. The third-order valence-corrected chi connectivity index (χ3v) is 6.31. The summed E-state index contributed by atoms with van der Waals surface area (Å²) in [6, 6.07) is 25.8. The number of pyridine rings is 1. The molecule has 1 amide bonds. The van der Waals surface area contributed by atoms with Crippen molar-refractivity contribution in [3.8, 4) is 5.75 Å². The van der Waals surface area contributed by atoms with E-state index >= 15 is 0 Å². The van der Waals surface area contributed by atoms with Crippen LogP contribution in [0.4, 0.5) is 0 Å². The number of carbonyl (C=O) groups is 1. The summed E-state index contributed by atoms with van der Waals surface area (Å²) in [6.07, 6.45) is 2.56. The van der Waals surface area contributed by atoms with Gasteiger partial charge in [0.1, 0.15) is 5.75 Å². The summed E-state index contributed by atoms with van der Waals surface area (Å²) in [5.41, 5.74) is 4.83. The van der Waals surface area contributed by atoms with Gasteiger partial charge in [-0.25, -0.2) is 0 Å². The number of nitrogens with zero attached hydrogens (tertiary/aromatic N) is 3. The molecule has 0 atom stereocenters. The van der Waals surface area contributed by atoms with Crippen molar-refractivity contribution in [2.45, 2.75) is 13.0 Å². The van der Waals surface area contributed by atoms with E-state index in [4.69, 9.17) is 0 Å². The lowest BCUT2D eigenvalue weighted by Crippen LogP contribution is -2.48. The summed E-state index contributed by atoms with van der Waals surface area (Å²) in [5, 5.41) is 11.5. The number of amides is 1. The first-order valence-corrected chi connectivity index (χ1v) is 11.4. The van der Waals surface area contributed by atoms with Crippen molar-refractivity contribution in [2.24, 2.45) is 0 Å². The topological polar surface area (TPSA) is 56.7 Å².